The molecule has 1 aliphatic rings. The highest BCUT2D eigenvalue weighted by molar-refractivity contribution is 6.60. The molecule has 1 saturated carbocycles. The molecule has 126 valence electrons. The second kappa shape index (κ2) is 9.95. The summed E-state index contributed by atoms with van der Waals surface area (Å²) in [7, 11) is 5.35. The Balaban J connectivity index is 2.27. The molecule has 0 bridgehead atoms. The maximum atomic E-state index is 6.09. The lowest BCUT2D eigenvalue weighted by molar-refractivity contribution is 0.0942. The highest BCUT2D eigenvalue weighted by Crippen LogP contribution is 2.45. The van der Waals surface area contributed by atoms with Gasteiger partial charge in [-0.05, 0) is 38.8 Å². The van der Waals surface area contributed by atoms with Gasteiger partial charge in [-0.2, -0.15) is 0 Å². The topological polar surface area (TPSA) is 30.9 Å². The van der Waals surface area contributed by atoms with Crippen LogP contribution >= 0.6 is 0 Å². The maximum Gasteiger partial charge on any atom is 0.500 e. The molecule has 0 heterocycles. The zero-order chi connectivity index (χ0) is 15.7. The zero-order valence-corrected chi connectivity index (χ0v) is 15.7. The molecule has 0 N–H and O–H groups in total. The average molecular weight is 318 g/mol. The Labute approximate surface area is 132 Å². The van der Waals surface area contributed by atoms with E-state index >= 15 is 0 Å². The third kappa shape index (κ3) is 7.24. The van der Waals surface area contributed by atoms with Gasteiger partial charge in [0.1, 0.15) is 0 Å². The van der Waals surface area contributed by atoms with Crippen LogP contribution in [-0.4, -0.2) is 55.2 Å². The van der Waals surface area contributed by atoms with Crippen molar-refractivity contribution in [1.29, 1.82) is 0 Å². The summed E-state index contributed by atoms with van der Waals surface area (Å²) in [5.74, 6) is 1.52. The third-order valence-electron chi connectivity index (χ3n) is 4.37. The van der Waals surface area contributed by atoms with Gasteiger partial charge in [-0.1, -0.05) is 32.6 Å². The first-order chi connectivity index (χ1) is 10.1. The molecule has 0 aliphatic heterocycles. The highest BCUT2D eigenvalue weighted by atomic mass is 28.4. The van der Waals surface area contributed by atoms with E-state index in [1.54, 1.807) is 14.2 Å². The molecule has 0 aromatic heterocycles. The van der Waals surface area contributed by atoms with Crippen molar-refractivity contribution in [3.63, 3.8) is 0 Å². The van der Waals surface area contributed by atoms with Crippen LogP contribution in [0.3, 0.4) is 0 Å². The van der Waals surface area contributed by atoms with Crippen LogP contribution in [0.4, 0.5) is 0 Å². The summed E-state index contributed by atoms with van der Waals surface area (Å²) in [5, 5.41) is 0. The van der Waals surface area contributed by atoms with E-state index in [4.69, 9.17) is 13.3 Å². The van der Waals surface area contributed by atoms with E-state index in [9.17, 15) is 0 Å². The molecule has 5 heteroatoms. The Kier molecular flexibility index (Phi) is 9.05. The highest BCUT2D eigenvalue weighted by Gasteiger charge is 2.49. The van der Waals surface area contributed by atoms with Gasteiger partial charge in [-0.3, -0.25) is 0 Å². The van der Waals surface area contributed by atoms with E-state index in [1.807, 2.05) is 0 Å². The Morgan fingerprint density at radius 1 is 1.00 bits per heavy atom. The molecule has 1 rings (SSSR count). The van der Waals surface area contributed by atoms with E-state index < -0.39 is 8.80 Å². The van der Waals surface area contributed by atoms with E-state index in [1.165, 1.54) is 38.6 Å². The molecule has 0 saturated heterocycles. The lowest BCUT2D eigenvalue weighted by atomic mass is 10.2. The molecule has 21 heavy (non-hydrogen) atoms. The number of hydrogen-bond acceptors (Lipinski definition) is 4. The van der Waals surface area contributed by atoms with Crippen molar-refractivity contribution in [3.05, 3.63) is 0 Å². The van der Waals surface area contributed by atoms with Crippen LogP contribution in [0.2, 0.25) is 6.04 Å². The Hall–Kier alpha value is 0.0569. The first-order valence-corrected chi connectivity index (χ1v) is 10.4. The normalized spacial score (nSPS) is 22.0. The van der Waals surface area contributed by atoms with Gasteiger partial charge in [0.2, 0.25) is 0 Å². The molecular formula is C16H35NO3Si. The Bertz CT molecular complexity index is 272. The van der Waals surface area contributed by atoms with Crippen molar-refractivity contribution in [3.8, 4) is 0 Å². The van der Waals surface area contributed by atoms with Crippen LogP contribution in [0.25, 0.3) is 0 Å². The summed E-state index contributed by atoms with van der Waals surface area (Å²) < 4.78 is 17.5. The molecule has 4 nitrogen and oxygen atoms in total. The average Bonchev–Trinajstić information content (AvgIpc) is 3.18. The SMILES string of the molecule is CCCCCCCO[Si](CC1CC1CN(C)C)(OC)OC. The van der Waals surface area contributed by atoms with Gasteiger partial charge in [0, 0.05) is 33.4 Å². The summed E-state index contributed by atoms with van der Waals surface area (Å²) in [6.07, 6.45) is 7.57. The molecule has 0 spiro atoms. The predicted molar refractivity (Wildman–Crippen MR) is 89.4 cm³/mol. The van der Waals surface area contributed by atoms with E-state index in [-0.39, 0.29) is 0 Å². The summed E-state index contributed by atoms with van der Waals surface area (Å²) in [6.45, 7) is 4.19. The quantitative estimate of drug-likeness (QED) is 0.385. The van der Waals surface area contributed by atoms with Crippen molar-refractivity contribution in [2.45, 2.75) is 51.5 Å². The van der Waals surface area contributed by atoms with Gasteiger partial charge in [0.05, 0.1) is 0 Å². The lowest BCUT2D eigenvalue weighted by Crippen LogP contribution is -2.44. The fourth-order valence-corrected chi connectivity index (χ4v) is 5.39. The smallest absolute Gasteiger partial charge is 0.377 e. The number of unbranched alkanes of at least 4 members (excludes halogenated alkanes) is 4. The predicted octanol–water partition coefficient (Wildman–Crippen LogP) is 3.40. The second-order valence-electron chi connectivity index (χ2n) is 6.58. The standard InChI is InChI=1S/C16H35NO3Si/c1-6-7-8-9-10-11-20-21(18-4,19-5)14-16-12-15(16)13-17(2)3/h15-16H,6-14H2,1-5H3. The molecule has 0 amide bonds. The number of nitrogens with zero attached hydrogens (tertiary/aromatic N) is 1. The largest absolute Gasteiger partial charge is 0.500 e. The zero-order valence-electron chi connectivity index (χ0n) is 14.7. The first kappa shape index (κ1) is 19.1. The molecule has 0 radical (unpaired) electrons. The fourth-order valence-electron chi connectivity index (χ4n) is 2.93. The molecule has 0 aromatic carbocycles. The summed E-state index contributed by atoms with van der Waals surface area (Å²) >= 11 is 0. The van der Waals surface area contributed by atoms with E-state index in [0.29, 0.717) is 0 Å². The molecule has 1 aliphatic carbocycles. The number of rotatable bonds is 13. The minimum absolute atomic E-state index is 0.721. The molecule has 2 atom stereocenters. The van der Waals surface area contributed by atoms with Crippen molar-refractivity contribution < 1.29 is 13.3 Å². The van der Waals surface area contributed by atoms with Crippen LogP contribution in [-0.2, 0) is 13.3 Å². The minimum atomic E-state index is -2.42. The second-order valence-corrected chi connectivity index (χ2v) is 9.46. The summed E-state index contributed by atoms with van der Waals surface area (Å²) in [5.41, 5.74) is 0. The molecule has 1 fully saturated rings. The fraction of sp³-hybridized carbons (Fsp3) is 1.00. The van der Waals surface area contributed by atoms with Gasteiger partial charge in [0.15, 0.2) is 0 Å². The van der Waals surface area contributed by atoms with Crippen molar-refractivity contribution >= 4 is 8.80 Å². The third-order valence-corrected chi connectivity index (χ3v) is 7.29. The monoisotopic (exact) mass is 317 g/mol. The van der Waals surface area contributed by atoms with Crippen molar-refractivity contribution in [1.82, 2.24) is 4.90 Å². The molecule has 2 unspecified atom stereocenters. The first-order valence-electron chi connectivity index (χ1n) is 8.46. The Morgan fingerprint density at radius 3 is 2.24 bits per heavy atom. The summed E-state index contributed by atoms with van der Waals surface area (Å²) in [6, 6.07) is 0.980. The number of hydrogen-bond donors (Lipinski definition) is 0. The van der Waals surface area contributed by atoms with Crippen LogP contribution in [0.1, 0.15) is 45.4 Å². The minimum Gasteiger partial charge on any atom is -0.377 e. The van der Waals surface area contributed by atoms with Gasteiger partial charge in [0.25, 0.3) is 0 Å². The van der Waals surface area contributed by atoms with Crippen molar-refractivity contribution in [2.75, 3.05) is 41.5 Å². The maximum absolute atomic E-state index is 6.09. The van der Waals surface area contributed by atoms with E-state index in [0.717, 1.165) is 30.9 Å². The van der Waals surface area contributed by atoms with Gasteiger partial charge in [-0.15, -0.1) is 0 Å². The van der Waals surface area contributed by atoms with Gasteiger partial charge < -0.3 is 18.2 Å². The summed E-state index contributed by atoms with van der Waals surface area (Å²) in [4.78, 5) is 2.27. The molecule has 0 aromatic rings. The van der Waals surface area contributed by atoms with Gasteiger partial charge in [-0.25, -0.2) is 0 Å². The van der Waals surface area contributed by atoms with Crippen LogP contribution in [0, 0.1) is 11.8 Å². The van der Waals surface area contributed by atoms with E-state index in [2.05, 4.69) is 25.9 Å². The van der Waals surface area contributed by atoms with Crippen LogP contribution < -0.4 is 0 Å². The molecular weight excluding hydrogens is 282 g/mol. The van der Waals surface area contributed by atoms with Crippen LogP contribution in [0.15, 0.2) is 0 Å². The lowest BCUT2D eigenvalue weighted by Gasteiger charge is -2.26. The van der Waals surface area contributed by atoms with Crippen molar-refractivity contribution in [2.24, 2.45) is 11.8 Å². The van der Waals surface area contributed by atoms with Crippen LogP contribution in [0.5, 0.6) is 0 Å². The Morgan fingerprint density at radius 2 is 1.67 bits per heavy atom. The van der Waals surface area contributed by atoms with Gasteiger partial charge >= 0.3 is 8.80 Å².